The summed E-state index contributed by atoms with van der Waals surface area (Å²) in [5.74, 6) is -0.163. The van der Waals surface area contributed by atoms with Crippen molar-refractivity contribution in [1.29, 1.82) is 0 Å². The minimum Gasteiger partial charge on any atom is -0.469 e. The number of alkyl halides is 1. The van der Waals surface area contributed by atoms with Crippen LogP contribution in [0.5, 0.6) is 0 Å². The topological polar surface area (TPSA) is 26.3 Å². The second-order valence-corrected chi connectivity index (χ2v) is 4.39. The Balaban J connectivity index is 3.65. The average Bonchev–Trinajstić information content (AvgIpc) is 2.14. The van der Waals surface area contributed by atoms with E-state index in [1.54, 1.807) is 0 Å². The molecule has 14 heavy (non-hydrogen) atoms. The maximum atomic E-state index is 11.9. The van der Waals surface area contributed by atoms with Crippen LogP contribution in [0.1, 0.15) is 46.0 Å². The summed E-state index contributed by atoms with van der Waals surface area (Å²) in [5.41, 5.74) is 0.114. The molecule has 0 saturated heterocycles. The monoisotopic (exact) mass is 204 g/mol. The zero-order valence-corrected chi connectivity index (χ0v) is 9.44. The summed E-state index contributed by atoms with van der Waals surface area (Å²) in [6, 6.07) is 0. The number of carbonyl (C=O) groups is 1. The van der Waals surface area contributed by atoms with E-state index in [9.17, 15) is 9.18 Å². The molecule has 0 amide bonds. The van der Waals surface area contributed by atoms with Gasteiger partial charge in [0.2, 0.25) is 0 Å². The number of carbonyl (C=O) groups excluding carboxylic acids is 1. The molecule has 0 bridgehead atoms. The first kappa shape index (κ1) is 13.4. The highest BCUT2D eigenvalue weighted by Crippen LogP contribution is 2.28. The number of halogens is 1. The lowest BCUT2D eigenvalue weighted by Gasteiger charge is -2.23. The van der Waals surface area contributed by atoms with E-state index in [0.29, 0.717) is 12.8 Å². The van der Waals surface area contributed by atoms with E-state index in [4.69, 9.17) is 0 Å². The second-order valence-electron chi connectivity index (χ2n) is 4.39. The van der Waals surface area contributed by atoms with E-state index in [1.165, 1.54) is 7.11 Å². The van der Waals surface area contributed by atoms with Gasteiger partial charge in [-0.1, -0.05) is 20.3 Å². The van der Waals surface area contributed by atoms with Gasteiger partial charge in [0, 0.05) is 6.42 Å². The third kappa shape index (κ3) is 6.87. The molecule has 0 radical (unpaired) electrons. The Morgan fingerprint density at radius 2 is 1.93 bits per heavy atom. The molecule has 0 heterocycles. The Morgan fingerprint density at radius 1 is 1.29 bits per heavy atom. The predicted molar refractivity (Wildman–Crippen MR) is 54.9 cm³/mol. The van der Waals surface area contributed by atoms with E-state index in [-0.39, 0.29) is 18.1 Å². The summed E-state index contributed by atoms with van der Waals surface area (Å²) in [5, 5.41) is 0. The number of ether oxygens (including phenoxy) is 1. The highest BCUT2D eigenvalue weighted by Gasteiger charge is 2.18. The largest absolute Gasteiger partial charge is 0.469 e. The van der Waals surface area contributed by atoms with Gasteiger partial charge < -0.3 is 4.74 Å². The van der Waals surface area contributed by atoms with Gasteiger partial charge in [-0.3, -0.25) is 9.18 Å². The zero-order valence-electron chi connectivity index (χ0n) is 9.44. The lowest BCUT2D eigenvalue weighted by Crippen LogP contribution is -2.14. The van der Waals surface area contributed by atoms with Crippen LogP contribution in [0.4, 0.5) is 4.39 Å². The smallest absolute Gasteiger partial charge is 0.305 e. The highest BCUT2D eigenvalue weighted by molar-refractivity contribution is 5.69. The molecule has 0 aliphatic heterocycles. The van der Waals surface area contributed by atoms with E-state index >= 15 is 0 Å². The summed E-state index contributed by atoms with van der Waals surface area (Å²) in [7, 11) is 1.40. The van der Waals surface area contributed by atoms with Crippen LogP contribution in [-0.2, 0) is 9.53 Å². The van der Waals surface area contributed by atoms with E-state index in [2.05, 4.69) is 18.6 Å². The van der Waals surface area contributed by atoms with Crippen LogP contribution < -0.4 is 0 Å². The number of esters is 1. The van der Waals surface area contributed by atoms with Gasteiger partial charge in [-0.05, 0) is 24.7 Å². The minimum atomic E-state index is -0.243. The molecule has 0 unspecified atom stereocenters. The second kappa shape index (κ2) is 6.80. The highest BCUT2D eigenvalue weighted by atomic mass is 19.1. The number of hydrogen-bond acceptors (Lipinski definition) is 2. The van der Waals surface area contributed by atoms with Crippen molar-refractivity contribution in [2.24, 2.45) is 5.41 Å². The molecule has 0 N–H and O–H groups in total. The number of unbranched alkanes of at least 4 members (excludes halogenated alkanes) is 1. The lowest BCUT2D eigenvalue weighted by molar-refractivity contribution is -0.141. The summed E-state index contributed by atoms with van der Waals surface area (Å²) in [4.78, 5) is 10.9. The molecule has 2 nitrogen and oxygen atoms in total. The van der Waals surface area contributed by atoms with Crippen molar-refractivity contribution < 1.29 is 13.9 Å². The molecule has 0 aliphatic rings. The first-order valence-corrected chi connectivity index (χ1v) is 5.14. The third-order valence-corrected chi connectivity index (χ3v) is 2.47. The first-order valence-electron chi connectivity index (χ1n) is 5.14. The summed E-state index contributed by atoms with van der Waals surface area (Å²) in [6.07, 6.45) is 3.76. The number of methoxy groups -OCH3 is 1. The van der Waals surface area contributed by atoms with Gasteiger partial charge in [-0.2, -0.15) is 0 Å². The quantitative estimate of drug-likeness (QED) is 0.470. The molecular formula is C11H21FO2. The lowest BCUT2D eigenvalue weighted by atomic mass is 9.83. The first-order chi connectivity index (χ1) is 6.52. The van der Waals surface area contributed by atoms with Crippen LogP contribution in [0.25, 0.3) is 0 Å². The predicted octanol–water partition coefficient (Wildman–Crippen LogP) is 3.11. The number of rotatable bonds is 7. The van der Waals surface area contributed by atoms with Crippen LogP contribution in [0.2, 0.25) is 0 Å². The molecule has 0 saturated carbocycles. The normalized spacial score (nSPS) is 11.4. The van der Waals surface area contributed by atoms with Crippen molar-refractivity contribution in [3.63, 3.8) is 0 Å². The van der Waals surface area contributed by atoms with Crippen molar-refractivity contribution in [3.05, 3.63) is 0 Å². The molecule has 0 spiro atoms. The molecule has 0 atom stereocenters. The van der Waals surface area contributed by atoms with E-state index in [0.717, 1.165) is 19.3 Å². The molecule has 0 aromatic rings. The molecule has 0 aliphatic carbocycles. The summed E-state index contributed by atoms with van der Waals surface area (Å²) < 4.78 is 16.4. The Labute approximate surface area is 85.8 Å². The van der Waals surface area contributed by atoms with Crippen molar-refractivity contribution in [2.75, 3.05) is 13.8 Å². The fourth-order valence-corrected chi connectivity index (χ4v) is 1.37. The van der Waals surface area contributed by atoms with Crippen LogP contribution in [0.15, 0.2) is 0 Å². The van der Waals surface area contributed by atoms with E-state index < -0.39 is 0 Å². The maximum Gasteiger partial charge on any atom is 0.305 e. The molecule has 84 valence electrons. The standard InChI is InChI=1S/C11H21FO2/c1-11(2,7-4-5-9-12)8-6-10(13)14-3/h4-9H2,1-3H3. The van der Waals surface area contributed by atoms with Crippen molar-refractivity contribution in [2.45, 2.75) is 46.0 Å². The zero-order chi connectivity index (χ0) is 11.0. The van der Waals surface area contributed by atoms with Crippen molar-refractivity contribution >= 4 is 5.97 Å². The van der Waals surface area contributed by atoms with Crippen LogP contribution >= 0.6 is 0 Å². The fraction of sp³-hybridized carbons (Fsp3) is 0.909. The number of hydrogen-bond donors (Lipinski definition) is 0. The van der Waals surface area contributed by atoms with Crippen LogP contribution in [-0.4, -0.2) is 19.8 Å². The van der Waals surface area contributed by atoms with Gasteiger partial charge in [0.1, 0.15) is 0 Å². The Bertz CT molecular complexity index is 167. The third-order valence-electron chi connectivity index (χ3n) is 2.47. The molecule has 0 fully saturated rings. The van der Waals surface area contributed by atoms with Crippen LogP contribution in [0, 0.1) is 5.41 Å². The van der Waals surface area contributed by atoms with Gasteiger partial charge in [0.05, 0.1) is 13.8 Å². The average molecular weight is 204 g/mol. The minimum absolute atomic E-state index is 0.114. The Morgan fingerprint density at radius 3 is 2.43 bits per heavy atom. The van der Waals surface area contributed by atoms with Gasteiger partial charge >= 0.3 is 5.97 Å². The van der Waals surface area contributed by atoms with Crippen molar-refractivity contribution in [1.82, 2.24) is 0 Å². The van der Waals surface area contributed by atoms with Crippen molar-refractivity contribution in [3.8, 4) is 0 Å². The summed E-state index contributed by atoms with van der Waals surface area (Å²) >= 11 is 0. The Hall–Kier alpha value is -0.600. The maximum absolute atomic E-state index is 11.9. The summed E-state index contributed by atoms with van der Waals surface area (Å²) in [6.45, 7) is 3.97. The Kier molecular flexibility index (Phi) is 6.50. The van der Waals surface area contributed by atoms with Gasteiger partial charge in [0.15, 0.2) is 0 Å². The molecule has 0 aromatic carbocycles. The SMILES string of the molecule is COC(=O)CCC(C)(C)CCCCF. The molecular weight excluding hydrogens is 183 g/mol. The van der Waals surface area contributed by atoms with Gasteiger partial charge in [-0.15, -0.1) is 0 Å². The van der Waals surface area contributed by atoms with Gasteiger partial charge in [-0.25, -0.2) is 0 Å². The van der Waals surface area contributed by atoms with Crippen LogP contribution in [0.3, 0.4) is 0 Å². The van der Waals surface area contributed by atoms with Gasteiger partial charge in [0.25, 0.3) is 0 Å². The molecule has 3 heteroatoms. The van der Waals surface area contributed by atoms with E-state index in [1.807, 2.05) is 0 Å². The molecule has 0 rings (SSSR count). The molecule has 0 aromatic heterocycles. The fourth-order valence-electron chi connectivity index (χ4n) is 1.37.